The van der Waals surface area contributed by atoms with Gasteiger partial charge in [0.2, 0.25) is 0 Å². The van der Waals surface area contributed by atoms with Gasteiger partial charge in [-0.05, 0) is 6.92 Å². The second-order valence-electron chi connectivity index (χ2n) is 2.28. The van der Waals surface area contributed by atoms with Gasteiger partial charge >= 0.3 is 5.97 Å². The van der Waals surface area contributed by atoms with Crippen LogP contribution in [0.4, 0.5) is 0 Å². The van der Waals surface area contributed by atoms with Gasteiger partial charge in [-0.25, -0.2) is 4.99 Å². The molecule has 0 saturated heterocycles. The van der Waals surface area contributed by atoms with Gasteiger partial charge in [-0.15, -0.1) is 0 Å². The molecule has 0 fully saturated rings. The van der Waals surface area contributed by atoms with Crippen molar-refractivity contribution in [3.05, 3.63) is 0 Å². The Morgan fingerprint density at radius 1 is 1.67 bits per heavy atom. The minimum Gasteiger partial charge on any atom is -0.468 e. The van der Waals surface area contributed by atoms with Crippen molar-refractivity contribution in [2.45, 2.75) is 6.92 Å². The Labute approximate surface area is 69.2 Å². The smallest absolute Gasteiger partial charge is 0.323 e. The van der Waals surface area contributed by atoms with Crippen LogP contribution in [0.5, 0.6) is 0 Å². The lowest BCUT2D eigenvalue weighted by molar-refractivity contribution is -0.146. The molecule has 1 atom stereocenters. The van der Waals surface area contributed by atoms with Gasteiger partial charge in [0.05, 0.1) is 7.11 Å². The standard InChI is InChI=1S/C7H8N2O3/c1-4-8-3-5(6(10)9-4)7(11)12-2/h3,5H,1-2H3. The molecule has 0 aromatic carbocycles. The molecule has 0 aliphatic carbocycles. The highest BCUT2D eigenvalue weighted by atomic mass is 16.5. The van der Waals surface area contributed by atoms with Crippen molar-refractivity contribution >= 4 is 23.9 Å². The van der Waals surface area contributed by atoms with Gasteiger partial charge in [0.25, 0.3) is 5.91 Å². The molecule has 1 aliphatic heterocycles. The predicted octanol–water partition coefficient (Wildman–Crippen LogP) is -0.195. The van der Waals surface area contributed by atoms with Crippen molar-refractivity contribution in [3.8, 4) is 0 Å². The molecule has 0 N–H and O–H groups in total. The average molecular weight is 168 g/mol. The van der Waals surface area contributed by atoms with Crippen molar-refractivity contribution in [1.29, 1.82) is 0 Å². The quantitative estimate of drug-likeness (QED) is 0.402. The second kappa shape index (κ2) is 3.25. The molecule has 5 nitrogen and oxygen atoms in total. The Hall–Kier alpha value is -1.52. The number of rotatable bonds is 1. The van der Waals surface area contributed by atoms with Crippen LogP contribution in [0.25, 0.3) is 0 Å². The highest BCUT2D eigenvalue weighted by Gasteiger charge is 2.27. The number of nitrogens with zero attached hydrogens (tertiary/aromatic N) is 2. The topological polar surface area (TPSA) is 68.1 Å². The number of methoxy groups -OCH3 is 1. The van der Waals surface area contributed by atoms with Crippen LogP contribution < -0.4 is 0 Å². The van der Waals surface area contributed by atoms with Crippen LogP contribution in [0.15, 0.2) is 9.98 Å². The number of aliphatic imine (C=N–C) groups is 2. The highest BCUT2D eigenvalue weighted by Crippen LogP contribution is 2.04. The summed E-state index contributed by atoms with van der Waals surface area (Å²) in [6, 6.07) is 0. The summed E-state index contributed by atoms with van der Waals surface area (Å²) in [7, 11) is 1.22. The molecule has 5 heteroatoms. The summed E-state index contributed by atoms with van der Waals surface area (Å²) in [5.41, 5.74) is 0. The second-order valence-corrected chi connectivity index (χ2v) is 2.28. The van der Waals surface area contributed by atoms with Crippen LogP contribution in [0, 0.1) is 5.92 Å². The van der Waals surface area contributed by atoms with Crippen LogP contribution >= 0.6 is 0 Å². The maximum atomic E-state index is 11.0. The first-order valence-corrected chi connectivity index (χ1v) is 3.36. The molecule has 0 saturated carbocycles. The third kappa shape index (κ3) is 1.55. The van der Waals surface area contributed by atoms with E-state index in [0.29, 0.717) is 5.84 Å². The molecule has 0 bridgehead atoms. The fourth-order valence-corrected chi connectivity index (χ4v) is 0.793. The van der Waals surface area contributed by atoms with Crippen molar-refractivity contribution in [2.24, 2.45) is 15.9 Å². The minimum absolute atomic E-state index is 0.361. The number of hydrogen-bond acceptors (Lipinski definition) is 4. The molecule has 0 radical (unpaired) electrons. The third-order valence-electron chi connectivity index (χ3n) is 1.40. The van der Waals surface area contributed by atoms with Crippen LogP contribution in [0.1, 0.15) is 6.92 Å². The number of ether oxygens (including phenoxy) is 1. The van der Waals surface area contributed by atoms with E-state index in [2.05, 4.69) is 14.7 Å². The summed E-state index contributed by atoms with van der Waals surface area (Å²) in [5, 5.41) is 0. The monoisotopic (exact) mass is 168 g/mol. The number of carbonyl (C=O) groups excluding carboxylic acids is 2. The van der Waals surface area contributed by atoms with Gasteiger partial charge < -0.3 is 4.74 Å². The number of hydrogen-bond donors (Lipinski definition) is 0. The van der Waals surface area contributed by atoms with Gasteiger partial charge in [-0.2, -0.15) is 4.99 Å². The SMILES string of the molecule is COC(=O)C1C=NC(C)=NC1=O. The summed E-state index contributed by atoms with van der Waals surface area (Å²) in [5.74, 6) is -1.74. The van der Waals surface area contributed by atoms with Crippen molar-refractivity contribution in [2.75, 3.05) is 7.11 Å². The van der Waals surface area contributed by atoms with E-state index in [1.54, 1.807) is 6.92 Å². The first-order valence-electron chi connectivity index (χ1n) is 3.36. The van der Waals surface area contributed by atoms with E-state index < -0.39 is 17.8 Å². The maximum Gasteiger partial charge on any atom is 0.323 e. The summed E-state index contributed by atoms with van der Waals surface area (Å²) in [6.45, 7) is 1.59. The number of carbonyl (C=O) groups is 2. The Bertz CT molecular complexity index is 280. The van der Waals surface area contributed by atoms with E-state index in [1.807, 2.05) is 0 Å². The molecule has 0 spiro atoms. The maximum absolute atomic E-state index is 11.0. The van der Waals surface area contributed by atoms with Crippen LogP contribution in [0.3, 0.4) is 0 Å². The normalized spacial score (nSPS) is 22.0. The summed E-state index contributed by atoms with van der Waals surface area (Å²) in [4.78, 5) is 29.2. The molecular formula is C7H8N2O3. The van der Waals surface area contributed by atoms with Gasteiger partial charge in [-0.1, -0.05) is 0 Å². The van der Waals surface area contributed by atoms with Gasteiger partial charge in [0, 0.05) is 6.21 Å². The van der Waals surface area contributed by atoms with E-state index in [9.17, 15) is 9.59 Å². The first kappa shape index (κ1) is 8.58. The van der Waals surface area contributed by atoms with E-state index in [0.717, 1.165) is 0 Å². The average Bonchev–Trinajstić information content (AvgIpc) is 2.03. The van der Waals surface area contributed by atoms with Crippen LogP contribution in [-0.2, 0) is 14.3 Å². The largest absolute Gasteiger partial charge is 0.468 e. The third-order valence-corrected chi connectivity index (χ3v) is 1.40. The van der Waals surface area contributed by atoms with Crippen molar-refractivity contribution < 1.29 is 14.3 Å². The molecule has 1 heterocycles. The molecule has 0 aromatic rings. The molecule has 64 valence electrons. The zero-order chi connectivity index (χ0) is 9.14. The van der Waals surface area contributed by atoms with Crippen LogP contribution in [0.2, 0.25) is 0 Å². The highest BCUT2D eigenvalue weighted by molar-refractivity contribution is 6.18. The molecule has 1 unspecified atom stereocenters. The molecule has 1 rings (SSSR count). The lowest BCUT2D eigenvalue weighted by Crippen LogP contribution is -2.28. The minimum atomic E-state index is -0.960. The summed E-state index contributed by atoms with van der Waals surface area (Å²) < 4.78 is 4.38. The zero-order valence-corrected chi connectivity index (χ0v) is 6.77. The molecule has 1 aliphatic rings. The predicted molar refractivity (Wildman–Crippen MR) is 42.1 cm³/mol. The van der Waals surface area contributed by atoms with Crippen molar-refractivity contribution in [3.63, 3.8) is 0 Å². The Morgan fingerprint density at radius 2 is 2.33 bits per heavy atom. The Morgan fingerprint density at radius 3 is 2.83 bits per heavy atom. The summed E-state index contributed by atoms with van der Waals surface area (Å²) >= 11 is 0. The fourth-order valence-electron chi connectivity index (χ4n) is 0.793. The van der Waals surface area contributed by atoms with Gasteiger partial charge in [-0.3, -0.25) is 9.59 Å². The number of amidine groups is 1. The molecule has 1 amide bonds. The number of esters is 1. The van der Waals surface area contributed by atoms with E-state index in [-0.39, 0.29) is 0 Å². The van der Waals surface area contributed by atoms with Crippen molar-refractivity contribution in [1.82, 2.24) is 0 Å². The lowest BCUT2D eigenvalue weighted by atomic mass is 10.1. The fraction of sp³-hybridized carbons (Fsp3) is 0.429. The Kier molecular flexibility index (Phi) is 2.32. The van der Waals surface area contributed by atoms with E-state index in [4.69, 9.17) is 0 Å². The Balaban J connectivity index is 2.79. The summed E-state index contributed by atoms with van der Waals surface area (Å²) in [6.07, 6.45) is 1.25. The molecule has 0 aromatic heterocycles. The van der Waals surface area contributed by atoms with E-state index in [1.165, 1.54) is 13.3 Å². The van der Waals surface area contributed by atoms with E-state index >= 15 is 0 Å². The van der Waals surface area contributed by atoms with Gasteiger partial charge in [0.15, 0.2) is 5.92 Å². The lowest BCUT2D eigenvalue weighted by Gasteiger charge is -2.08. The van der Waals surface area contributed by atoms with Crippen LogP contribution in [-0.4, -0.2) is 31.0 Å². The first-order chi connectivity index (χ1) is 5.65. The molecular weight excluding hydrogens is 160 g/mol. The number of amides is 1. The molecule has 12 heavy (non-hydrogen) atoms. The van der Waals surface area contributed by atoms with Gasteiger partial charge in [0.1, 0.15) is 5.84 Å². The zero-order valence-electron chi connectivity index (χ0n) is 6.77.